The molecule has 3 heterocycles. The molecule has 0 bridgehead atoms. The van der Waals surface area contributed by atoms with Gasteiger partial charge in [-0.05, 0) is 43.1 Å². The number of rotatable bonds is 10. The first-order chi connectivity index (χ1) is 18.8. The van der Waals surface area contributed by atoms with Gasteiger partial charge < -0.3 is 10.1 Å². The number of para-hydroxylation sites is 1. The largest absolute Gasteiger partial charge is 0.375 e. The molecule has 1 saturated heterocycles. The number of benzene rings is 2. The molecule has 1 aromatic heterocycles. The second-order valence-electron chi connectivity index (χ2n) is 10.4. The van der Waals surface area contributed by atoms with E-state index in [9.17, 15) is 13.2 Å². The van der Waals surface area contributed by atoms with Crippen molar-refractivity contribution in [2.24, 2.45) is 0 Å². The van der Waals surface area contributed by atoms with E-state index < -0.39 is 26.0 Å². The van der Waals surface area contributed by atoms with E-state index in [1.165, 1.54) is 6.26 Å². The van der Waals surface area contributed by atoms with Gasteiger partial charge in [0, 0.05) is 30.6 Å². The number of hydrogen-bond acceptors (Lipinski definition) is 7. The molecule has 2 aromatic carbocycles. The van der Waals surface area contributed by atoms with Crippen molar-refractivity contribution in [1.82, 2.24) is 25.0 Å². The Morgan fingerprint density at radius 3 is 2.49 bits per heavy atom. The molecule has 2 aliphatic heterocycles. The molecule has 206 valence electrons. The van der Waals surface area contributed by atoms with Crippen LogP contribution in [-0.2, 0) is 38.1 Å². The van der Waals surface area contributed by atoms with Gasteiger partial charge in [-0.1, -0.05) is 58.6 Å². The summed E-state index contributed by atoms with van der Waals surface area (Å²) in [7, 11) is -3.81. The zero-order valence-electron chi connectivity index (χ0n) is 22.2. The smallest absolute Gasteiger partial charge is 0.321 e. The summed E-state index contributed by atoms with van der Waals surface area (Å²) in [5.74, 6) is -0.432. The van der Waals surface area contributed by atoms with E-state index in [0.29, 0.717) is 18.8 Å². The molecule has 9 nitrogen and oxygen atoms in total. The molecule has 1 fully saturated rings. The van der Waals surface area contributed by atoms with Gasteiger partial charge in [-0.25, -0.2) is 0 Å². The molecular weight excluding hydrogens is 514 g/mol. The molecule has 0 aliphatic carbocycles. The van der Waals surface area contributed by atoms with Crippen molar-refractivity contribution in [3.63, 3.8) is 0 Å². The molecule has 1 spiro atoms. The lowest BCUT2D eigenvalue weighted by Gasteiger charge is -2.36. The summed E-state index contributed by atoms with van der Waals surface area (Å²) in [6.45, 7) is 2.65. The van der Waals surface area contributed by atoms with Gasteiger partial charge in [0.25, 0.3) is 5.91 Å². The number of pyridine rings is 1. The van der Waals surface area contributed by atoms with Crippen LogP contribution in [-0.4, -0.2) is 57.8 Å². The molecule has 0 radical (unpaired) electrons. The molecule has 2 atom stereocenters. The Kier molecular flexibility index (Phi) is 8.11. The van der Waals surface area contributed by atoms with Crippen molar-refractivity contribution in [3.8, 4) is 0 Å². The zero-order chi connectivity index (χ0) is 27.3. The highest BCUT2D eigenvalue weighted by Gasteiger charge is 2.60. The van der Waals surface area contributed by atoms with Crippen LogP contribution < -0.4 is 20.1 Å². The average molecular weight is 551 g/mol. The van der Waals surface area contributed by atoms with Gasteiger partial charge in [-0.2, -0.15) is 13.8 Å². The SMILES string of the molecule is CS(=O)(=O)[N+]1(NC(=O)C(COCc2ccccc2)NCc2cccnc2)CC2(CCNCC2)c2ccccc21. The van der Waals surface area contributed by atoms with Gasteiger partial charge in [0.2, 0.25) is 0 Å². The van der Waals surface area contributed by atoms with Crippen molar-refractivity contribution in [2.45, 2.75) is 37.5 Å². The number of fused-ring (bicyclic) bond motifs is 2. The highest BCUT2D eigenvalue weighted by molar-refractivity contribution is 7.90. The van der Waals surface area contributed by atoms with Crippen LogP contribution in [0.1, 0.15) is 29.5 Å². The van der Waals surface area contributed by atoms with Gasteiger partial charge in [0.05, 0.1) is 24.9 Å². The summed E-state index contributed by atoms with van der Waals surface area (Å²) < 4.78 is 32.5. The Morgan fingerprint density at radius 2 is 1.77 bits per heavy atom. The van der Waals surface area contributed by atoms with Crippen molar-refractivity contribution in [3.05, 3.63) is 95.8 Å². The lowest BCUT2D eigenvalue weighted by atomic mass is 9.75. The first kappa shape index (κ1) is 27.4. The number of carbonyl (C=O) groups is 1. The van der Waals surface area contributed by atoms with Crippen molar-refractivity contribution < 1.29 is 17.9 Å². The molecule has 0 saturated carbocycles. The van der Waals surface area contributed by atoms with Crippen LogP contribution in [0.25, 0.3) is 0 Å². The van der Waals surface area contributed by atoms with Crippen LogP contribution in [0.2, 0.25) is 0 Å². The summed E-state index contributed by atoms with van der Waals surface area (Å²) >= 11 is 0. The number of amides is 1. The van der Waals surface area contributed by atoms with Crippen LogP contribution in [0.15, 0.2) is 79.1 Å². The Labute approximate surface area is 230 Å². The molecule has 2 aliphatic rings. The first-order valence-corrected chi connectivity index (χ1v) is 15.1. The summed E-state index contributed by atoms with van der Waals surface area (Å²) in [5, 5.41) is 6.65. The second-order valence-corrected chi connectivity index (χ2v) is 12.5. The number of hydrogen-bond donors (Lipinski definition) is 3. The minimum Gasteiger partial charge on any atom is -0.375 e. The van der Waals surface area contributed by atoms with E-state index in [0.717, 1.165) is 42.6 Å². The molecule has 1 amide bonds. The maximum Gasteiger partial charge on any atom is 0.321 e. The average Bonchev–Trinajstić information content (AvgIpc) is 3.22. The minimum absolute atomic E-state index is 0.0709. The monoisotopic (exact) mass is 550 g/mol. The Balaban J connectivity index is 1.42. The zero-order valence-corrected chi connectivity index (χ0v) is 23.0. The fraction of sp³-hybridized carbons (Fsp3) is 0.379. The number of sulfonamides is 1. The molecule has 2 unspecified atom stereocenters. The summed E-state index contributed by atoms with van der Waals surface area (Å²) in [6, 6.07) is 20.3. The lowest BCUT2D eigenvalue weighted by Crippen LogP contribution is -2.68. The maximum absolute atomic E-state index is 13.9. The van der Waals surface area contributed by atoms with E-state index in [4.69, 9.17) is 4.74 Å². The third-order valence-corrected chi connectivity index (χ3v) is 9.34. The van der Waals surface area contributed by atoms with E-state index >= 15 is 0 Å². The standard InChI is InChI=1S/C29H35N5O4S/c1-39(36,37)34(22-29(13-16-30-17-14-29)25-11-5-6-12-27(25)34)33-28(35)26(32-19-24-10-7-15-31-18-24)21-38-20-23-8-3-2-4-9-23/h2-12,15,18,26,30,32H,13-14,16-17,19-22H2,1H3/p+1. The van der Waals surface area contributed by atoms with Gasteiger partial charge >= 0.3 is 10.0 Å². The fourth-order valence-electron chi connectivity index (χ4n) is 5.74. The summed E-state index contributed by atoms with van der Waals surface area (Å²) in [4.78, 5) is 18.1. The Hall–Kier alpha value is -3.15. The fourth-order valence-corrected chi connectivity index (χ4v) is 6.99. The van der Waals surface area contributed by atoms with Gasteiger partial charge in [0.15, 0.2) is 5.69 Å². The van der Waals surface area contributed by atoms with Crippen LogP contribution in [0.4, 0.5) is 5.69 Å². The number of quaternary nitrogens is 1. The Bertz CT molecular complexity index is 1380. The molecular formula is C29H36N5O4S+. The third kappa shape index (κ3) is 5.75. The second kappa shape index (κ2) is 11.5. The van der Waals surface area contributed by atoms with E-state index in [1.54, 1.807) is 12.4 Å². The number of ether oxygens (including phenoxy) is 1. The number of aromatic nitrogens is 1. The summed E-state index contributed by atoms with van der Waals surface area (Å²) in [6.07, 6.45) is 6.23. The number of nitrogens with one attached hydrogen (secondary N) is 3. The normalized spacial score (nSPS) is 20.8. The minimum atomic E-state index is -3.81. The van der Waals surface area contributed by atoms with Crippen LogP contribution in [0, 0.1) is 0 Å². The molecule has 3 aromatic rings. The van der Waals surface area contributed by atoms with E-state index in [2.05, 4.69) is 21.0 Å². The highest BCUT2D eigenvalue weighted by Crippen LogP contribution is 2.50. The Morgan fingerprint density at radius 1 is 1.05 bits per heavy atom. The summed E-state index contributed by atoms with van der Waals surface area (Å²) in [5.41, 5.74) is 6.16. The topological polar surface area (TPSA) is 109 Å². The lowest BCUT2D eigenvalue weighted by molar-refractivity contribution is -0.127. The van der Waals surface area contributed by atoms with Crippen LogP contribution in [0.5, 0.6) is 0 Å². The maximum atomic E-state index is 13.9. The van der Waals surface area contributed by atoms with Crippen molar-refractivity contribution >= 4 is 21.6 Å². The number of piperidine rings is 1. The van der Waals surface area contributed by atoms with E-state index in [-0.39, 0.29) is 18.6 Å². The first-order valence-electron chi connectivity index (χ1n) is 13.3. The predicted molar refractivity (Wildman–Crippen MR) is 151 cm³/mol. The molecule has 39 heavy (non-hydrogen) atoms. The number of carbonyl (C=O) groups excluding carboxylic acids is 1. The molecule has 10 heteroatoms. The van der Waals surface area contributed by atoms with Crippen LogP contribution in [0.3, 0.4) is 0 Å². The quantitative estimate of drug-likeness (QED) is 0.333. The van der Waals surface area contributed by atoms with Gasteiger partial charge in [-0.15, -0.1) is 0 Å². The predicted octanol–water partition coefficient (Wildman–Crippen LogP) is 2.39. The van der Waals surface area contributed by atoms with Crippen molar-refractivity contribution in [1.29, 1.82) is 0 Å². The highest BCUT2D eigenvalue weighted by atomic mass is 32.2. The van der Waals surface area contributed by atoms with Crippen molar-refractivity contribution in [2.75, 3.05) is 32.5 Å². The molecule has 5 rings (SSSR count). The third-order valence-electron chi connectivity index (χ3n) is 7.80. The van der Waals surface area contributed by atoms with Crippen LogP contribution >= 0.6 is 0 Å². The van der Waals surface area contributed by atoms with E-state index in [1.807, 2.05) is 66.7 Å². The van der Waals surface area contributed by atoms with Gasteiger partial charge in [-0.3, -0.25) is 15.1 Å². The van der Waals surface area contributed by atoms with Gasteiger partial charge in [0.1, 0.15) is 12.6 Å². The molecule has 3 N–H and O–H groups in total. The number of nitrogens with zero attached hydrogens (tertiary/aromatic N) is 2.